The fourth-order valence-corrected chi connectivity index (χ4v) is 3.01. The molecule has 0 aromatic heterocycles. The van der Waals surface area contributed by atoms with Gasteiger partial charge in [-0.1, -0.05) is 51.9 Å². The smallest absolute Gasteiger partial charge is 0.267 e. The van der Waals surface area contributed by atoms with Gasteiger partial charge in [-0.15, -0.1) is 0 Å². The second-order valence-electron chi connectivity index (χ2n) is 4.91. The summed E-state index contributed by atoms with van der Waals surface area (Å²) in [6.45, 7) is 2.29. The zero-order chi connectivity index (χ0) is 13.9. The summed E-state index contributed by atoms with van der Waals surface area (Å²) in [5.41, 5.74) is 0. The van der Waals surface area contributed by atoms with Crippen LogP contribution in [-0.4, -0.2) is 29.9 Å². The number of unbranched alkanes of at least 4 members (excludes halogenated alkanes) is 6. The molecule has 0 radical (unpaired) electrons. The molecule has 2 N–H and O–H groups in total. The van der Waals surface area contributed by atoms with Gasteiger partial charge in [0.25, 0.3) is 10.1 Å². The lowest BCUT2D eigenvalue weighted by molar-refractivity contribution is 0.282. The molecule has 1 unspecified atom stereocenters. The van der Waals surface area contributed by atoms with Gasteiger partial charge in [0, 0.05) is 6.61 Å². The van der Waals surface area contributed by atoms with Crippen molar-refractivity contribution in [3.63, 3.8) is 0 Å². The van der Waals surface area contributed by atoms with E-state index in [-0.39, 0.29) is 6.61 Å². The van der Waals surface area contributed by atoms with E-state index in [2.05, 4.69) is 6.92 Å². The summed E-state index contributed by atoms with van der Waals surface area (Å²) < 4.78 is 31.6. The molecular weight excluding hydrogens is 252 g/mol. The molecule has 0 aliphatic rings. The number of rotatable bonds is 12. The predicted octanol–water partition coefficient (Wildman–Crippen LogP) is 3.16. The van der Waals surface area contributed by atoms with Crippen molar-refractivity contribution < 1.29 is 18.1 Å². The molecule has 0 aliphatic carbocycles. The van der Waals surface area contributed by atoms with Gasteiger partial charge >= 0.3 is 0 Å². The van der Waals surface area contributed by atoms with Crippen molar-refractivity contribution in [2.45, 2.75) is 76.4 Å². The third kappa shape index (κ3) is 9.85. The molecule has 0 saturated heterocycles. The lowest BCUT2D eigenvalue weighted by Crippen LogP contribution is -2.20. The molecule has 0 saturated carbocycles. The van der Waals surface area contributed by atoms with Gasteiger partial charge in [-0.2, -0.15) is 8.42 Å². The number of aliphatic hydroxyl groups excluding tert-OH is 1. The average Bonchev–Trinajstić information content (AvgIpc) is 2.30. The van der Waals surface area contributed by atoms with Crippen LogP contribution < -0.4 is 0 Å². The van der Waals surface area contributed by atoms with Crippen LogP contribution in [0.3, 0.4) is 0 Å². The average molecular weight is 280 g/mol. The monoisotopic (exact) mass is 280 g/mol. The number of hydrogen-bond donors (Lipinski definition) is 2. The topological polar surface area (TPSA) is 74.6 Å². The lowest BCUT2D eigenvalue weighted by Gasteiger charge is -2.13. The molecule has 0 bridgehead atoms. The summed E-state index contributed by atoms with van der Waals surface area (Å²) in [5, 5.41) is 8.03. The molecule has 0 heterocycles. The first-order valence-corrected chi connectivity index (χ1v) is 8.59. The van der Waals surface area contributed by atoms with E-state index in [0.717, 1.165) is 32.1 Å². The van der Waals surface area contributed by atoms with Crippen LogP contribution in [0.5, 0.6) is 0 Å². The van der Waals surface area contributed by atoms with Crippen molar-refractivity contribution in [1.82, 2.24) is 0 Å². The molecule has 0 spiro atoms. The van der Waals surface area contributed by atoms with Gasteiger partial charge in [0.05, 0.1) is 5.25 Å². The van der Waals surface area contributed by atoms with Crippen LogP contribution in [0.25, 0.3) is 0 Å². The Balaban J connectivity index is 3.87. The Hall–Kier alpha value is -0.130. The second kappa shape index (κ2) is 10.8. The molecule has 0 aliphatic heterocycles. The molecule has 5 heteroatoms. The Morgan fingerprint density at radius 3 is 1.83 bits per heavy atom. The van der Waals surface area contributed by atoms with Crippen LogP contribution in [0.1, 0.15) is 71.1 Å². The van der Waals surface area contributed by atoms with Gasteiger partial charge in [0.2, 0.25) is 0 Å². The summed E-state index contributed by atoms with van der Waals surface area (Å²) in [6.07, 6.45) is 8.73. The standard InChI is InChI=1S/C13H28O4S/c1-2-3-4-5-7-10-13(18(15,16)17)11-8-6-9-12-14/h13-14H,2-12H2,1H3,(H,15,16,17). The zero-order valence-corrected chi connectivity index (χ0v) is 12.3. The Kier molecular flexibility index (Phi) is 10.7. The molecular formula is C13H28O4S. The number of hydrogen-bond acceptors (Lipinski definition) is 3. The molecule has 1 atom stereocenters. The molecule has 0 rings (SSSR count). The number of aliphatic hydroxyl groups is 1. The molecule has 0 amide bonds. The van der Waals surface area contributed by atoms with Gasteiger partial charge < -0.3 is 5.11 Å². The summed E-state index contributed by atoms with van der Waals surface area (Å²) >= 11 is 0. The van der Waals surface area contributed by atoms with Gasteiger partial charge in [-0.05, 0) is 19.3 Å². The Morgan fingerprint density at radius 1 is 0.889 bits per heavy atom. The maximum atomic E-state index is 11.2. The third-order valence-corrected chi connectivity index (χ3v) is 4.55. The maximum Gasteiger partial charge on any atom is 0.267 e. The largest absolute Gasteiger partial charge is 0.396 e. The third-order valence-electron chi connectivity index (χ3n) is 3.24. The fourth-order valence-electron chi connectivity index (χ4n) is 2.08. The molecule has 0 aromatic carbocycles. The minimum atomic E-state index is -3.91. The second-order valence-corrected chi connectivity index (χ2v) is 6.61. The van der Waals surface area contributed by atoms with E-state index in [1.165, 1.54) is 12.8 Å². The van der Waals surface area contributed by atoms with E-state index in [9.17, 15) is 8.42 Å². The summed E-state index contributed by atoms with van der Waals surface area (Å²) in [4.78, 5) is 0. The lowest BCUT2D eigenvalue weighted by atomic mass is 10.1. The van der Waals surface area contributed by atoms with Crippen molar-refractivity contribution in [2.24, 2.45) is 0 Å². The van der Waals surface area contributed by atoms with E-state index in [1.54, 1.807) is 0 Å². The molecule has 0 fully saturated rings. The predicted molar refractivity (Wildman–Crippen MR) is 74.3 cm³/mol. The van der Waals surface area contributed by atoms with Crippen molar-refractivity contribution in [3.05, 3.63) is 0 Å². The summed E-state index contributed by atoms with van der Waals surface area (Å²) in [6, 6.07) is 0. The SMILES string of the molecule is CCCCCCCC(CCCCCO)S(=O)(=O)O. The van der Waals surface area contributed by atoms with E-state index >= 15 is 0 Å². The van der Waals surface area contributed by atoms with Gasteiger partial charge in [-0.3, -0.25) is 4.55 Å². The van der Waals surface area contributed by atoms with E-state index in [1.807, 2.05) is 0 Å². The van der Waals surface area contributed by atoms with Gasteiger partial charge in [0.1, 0.15) is 0 Å². The summed E-state index contributed by atoms with van der Waals surface area (Å²) in [7, 11) is -3.91. The van der Waals surface area contributed by atoms with E-state index < -0.39 is 15.4 Å². The Labute approximate surface area is 112 Å². The zero-order valence-electron chi connectivity index (χ0n) is 11.5. The highest BCUT2D eigenvalue weighted by Gasteiger charge is 2.21. The fraction of sp³-hybridized carbons (Fsp3) is 1.00. The van der Waals surface area contributed by atoms with Crippen molar-refractivity contribution >= 4 is 10.1 Å². The van der Waals surface area contributed by atoms with Crippen LogP contribution in [0.2, 0.25) is 0 Å². The minimum absolute atomic E-state index is 0.146. The molecule has 4 nitrogen and oxygen atoms in total. The first-order valence-electron chi connectivity index (χ1n) is 7.09. The van der Waals surface area contributed by atoms with Crippen molar-refractivity contribution in [1.29, 1.82) is 0 Å². The van der Waals surface area contributed by atoms with Gasteiger partial charge in [0.15, 0.2) is 0 Å². The molecule has 0 aromatic rings. The van der Waals surface area contributed by atoms with E-state index in [4.69, 9.17) is 9.66 Å². The highest BCUT2D eigenvalue weighted by atomic mass is 32.2. The molecule has 110 valence electrons. The van der Waals surface area contributed by atoms with Crippen molar-refractivity contribution in [2.75, 3.05) is 6.61 Å². The normalized spacial score (nSPS) is 13.7. The first kappa shape index (κ1) is 17.9. The van der Waals surface area contributed by atoms with Crippen LogP contribution >= 0.6 is 0 Å². The highest BCUT2D eigenvalue weighted by molar-refractivity contribution is 7.86. The first-order chi connectivity index (χ1) is 8.52. The Bertz CT molecular complexity index is 275. The van der Waals surface area contributed by atoms with Crippen molar-refractivity contribution in [3.8, 4) is 0 Å². The maximum absolute atomic E-state index is 11.2. The van der Waals surface area contributed by atoms with Gasteiger partial charge in [-0.25, -0.2) is 0 Å². The quantitative estimate of drug-likeness (QED) is 0.425. The van der Waals surface area contributed by atoms with Crippen LogP contribution in [0, 0.1) is 0 Å². The highest BCUT2D eigenvalue weighted by Crippen LogP contribution is 2.18. The minimum Gasteiger partial charge on any atom is -0.396 e. The van der Waals surface area contributed by atoms with Crippen LogP contribution in [0.15, 0.2) is 0 Å². The molecule has 18 heavy (non-hydrogen) atoms. The Morgan fingerprint density at radius 2 is 1.39 bits per heavy atom. The van der Waals surface area contributed by atoms with Crippen LogP contribution in [0.4, 0.5) is 0 Å². The van der Waals surface area contributed by atoms with E-state index in [0.29, 0.717) is 19.3 Å². The van der Waals surface area contributed by atoms with Crippen LogP contribution in [-0.2, 0) is 10.1 Å². The summed E-state index contributed by atoms with van der Waals surface area (Å²) in [5.74, 6) is 0.